The van der Waals surface area contributed by atoms with Crippen molar-refractivity contribution in [2.24, 2.45) is 0 Å². The minimum Gasteiger partial charge on any atom is -0.300 e. The Morgan fingerprint density at radius 3 is 2.25 bits per heavy atom. The third-order valence-electron chi connectivity index (χ3n) is 3.32. The van der Waals surface area contributed by atoms with E-state index in [4.69, 9.17) is 0 Å². The molecule has 1 atom stereocenters. The molecule has 20 heavy (non-hydrogen) atoms. The first-order valence-electron chi connectivity index (χ1n) is 6.05. The molecule has 0 aliphatic carbocycles. The SMILES string of the molecule is CC(=O)C[C@@H](c1ccccc1[N+](=O)[O-])C(C)(C)[N+](=O)[O-]. The van der Waals surface area contributed by atoms with E-state index in [2.05, 4.69) is 0 Å². The summed E-state index contributed by atoms with van der Waals surface area (Å²) in [4.78, 5) is 32.6. The zero-order chi connectivity index (χ0) is 15.5. The highest BCUT2D eigenvalue weighted by atomic mass is 16.6. The van der Waals surface area contributed by atoms with Crippen molar-refractivity contribution < 1.29 is 14.6 Å². The van der Waals surface area contributed by atoms with Crippen molar-refractivity contribution in [1.29, 1.82) is 0 Å². The number of ketones is 1. The number of para-hydroxylation sites is 1. The van der Waals surface area contributed by atoms with Crippen LogP contribution in [0.5, 0.6) is 0 Å². The van der Waals surface area contributed by atoms with E-state index in [1.54, 1.807) is 6.07 Å². The summed E-state index contributed by atoms with van der Waals surface area (Å²) >= 11 is 0. The standard InChI is InChI=1S/C13H16N2O5/c1-9(16)8-11(13(2,3)15(19)20)10-6-4-5-7-12(10)14(17)18/h4-7,11H,8H2,1-3H3/t11-/m0/s1. The van der Waals surface area contributed by atoms with Crippen LogP contribution in [0.3, 0.4) is 0 Å². The maximum absolute atomic E-state index is 11.4. The highest BCUT2D eigenvalue weighted by molar-refractivity contribution is 5.77. The van der Waals surface area contributed by atoms with Gasteiger partial charge in [-0.3, -0.25) is 20.2 Å². The Balaban J connectivity index is 3.43. The molecule has 0 aliphatic rings. The van der Waals surface area contributed by atoms with Gasteiger partial charge in [0, 0.05) is 36.8 Å². The van der Waals surface area contributed by atoms with Crippen LogP contribution >= 0.6 is 0 Å². The number of carbonyl (C=O) groups is 1. The van der Waals surface area contributed by atoms with Crippen LogP contribution in [0.25, 0.3) is 0 Å². The molecule has 0 radical (unpaired) electrons. The number of hydrogen-bond donors (Lipinski definition) is 0. The molecule has 0 unspecified atom stereocenters. The molecule has 0 N–H and O–H groups in total. The third kappa shape index (κ3) is 3.17. The molecule has 7 nitrogen and oxygen atoms in total. The van der Waals surface area contributed by atoms with Crippen LogP contribution < -0.4 is 0 Å². The van der Waals surface area contributed by atoms with Gasteiger partial charge in [-0.25, -0.2) is 0 Å². The van der Waals surface area contributed by atoms with Gasteiger partial charge in [0.25, 0.3) is 5.69 Å². The van der Waals surface area contributed by atoms with Gasteiger partial charge in [0.2, 0.25) is 5.54 Å². The first-order chi connectivity index (χ1) is 9.17. The summed E-state index contributed by atoms with van der Waals surface area (Å²) < 4.78 is 0. The first kappa shape index (κ1) is 15.7. The lowest BCUT2D eigenvalue weighted by atomic mass is 9.78. The molecule has 0 bridgehead atoms. The molecule has 0 aromatic heterocycles. The van der Waals surface area contributed by atoms with E-state index in [0.717, 1.165) is 0 Å². The fourth-order valence-corrected chi connectivity index (χ4v) is 2.10. The molecule has 1 aromatic carbocycles. The van der Waals surface area contributed by atoms with Crippen LogP contribution in [-0.2, 0) is 4.79 Å². The Kier molecular flexibility index (Phi) is 4.54. The highest BCUT2D eigenvalue weighted by Crippen LogP contribution is 2.38. The van der Waals surface area contributed by atoms with Gasteiger partial charge >= 0.3 is 0 Å². The quantitative estimate of drug-likeness (QED) is 0.588. The number of hydrogen-bond acceptors (Lipinski definition) is 5. The van der Waals surface area contributed by atoms with Crippen molar-refractivity contribution >= 4 is 11.5 Å². The lowest BCUT2D eigenvalue weighted by molar-refractivity contribution is -0.565. The van der Waals surface area contributed by atoms with Crippen molar-refractivity contribution in [2.45, 2.75) is 38.6 Å². The fraction of sp³-hybridized carbons (Fsp3) is 0.462. The van der Waals surface area contributed by atoms with Gasteiger partial charge in [-0.05, 0) is 6.92 Å². The summed E-state index contributed by atoms with van der Waals surface area (Å²) in [5, 5.41) is 22.3. The summed E-state index contributed by atoms with van der Waals surface area (Å²) in [6, 6.07) is 5.83. The molecule has 7 heteroatoms. The lowest BCUT2D eigenvalue weighted by Crippen LogP contribution is -2.39. The van der Waals surface area contributed by atoms with Crippen LogP contribution in [0, 0.1) is 20.2 Å². The zero-order valence-electron chi connectivity index (χ0n) is 11.5. The van der Waals surface area contributed by atoms with Crippen molar-refractivity contribution in [3.05, 3.63) is 50.1 Å². The average molecular weight is 280 g/mol. The van der Waals surface area contributed by atoms with Crippen LogP contribution in [0.2, 0.25) is 0 Å². The molecule has 108 valence electrons. The molecule has 1 aromatic rings. The topological polar surface area (TPSA) is 103 Å². The van der Waals surface area contributed by atoms with E-state index in [1.165, 1.54) is 39.0 Å². The van der Waals surface area contributed by atoms with E-state index in [1.807, 2.05) is 0 Å². The maximum atomic E-state index is 11.4. The molecular formula is C13H16N2O5. The predicted molar refractivity (Wildman–Crippen MR) is 72.2 cm³/mol. The minimum absolute atomic E-state index is 0.112. The molecule has 0 aliphatic heterocycles. The highest BCUT2D eigenvalue weighted by Gasteiger charge is 2.44. The maximum Gasteiger partial charge on any atom is 0.273 e. The molecule has 0 saturated carbocycles. The van der Waals surface area contributed by atoms with E-state index in [0.29, 0.717) is 0 Å². The third-order valence-corrected chi connectivity index (χ3v) is 3.32. The van der Waals surface area contributed by atoms with Crippen molar-refractivity contribution in [3.8, 4) is 0 Å². The van der Waals surface area contributed by atoms with Crippen molar-refractivity contribution in [2.75, 3.05) is 0 Å². The molecule has 0 saturated heterocycles. The van der Waals surface area contributed by atoms with Gasteiger partial charge in [0.05, 0.1) is 10.8 Å². The summed E-state index contributed by atoms with van der Waals surface area (Å²) in [7, 11) is 0. The molecular weight excluding hydrogens is 264 g/mol. The minimum atomic E-state index is -1.47. The summed E-state index contributed by atoms with van der Waals surface area (Å²) in [6.07, 6.45) is -0.112. The largest absolute Gasteiger partial charge is 0.300 e. The Bertz CT molecular complexity index is 553. The summed E-state index contributed by atoms with van der Waals surface area (Å²) in [5.41, 5.74) is -1.46. The first-order valence-corrected chi connectivity index (χ1v) is 6.05. The number of nitro benzene ring substituents is 1. The van der Waals surface area contributed by atoms with Gasteiger partial charge in [-0.1, -0.05) is 18.2 Å². The van der Waals surface area contributed by atoms with Crippen LogP contribution in [0.4, 0.5) is 5.69 Å². The smallest absolute Gasteiger partial charge is 0.273 e. The van der Waals surface area contributed by atoms with E-state index in [9.17, 15) is 25.0 Å². The Morgan fingerprint density at radius 1 is 1.25 bits per heavy atom. The Hall–Kier alpha value is -2.31. The van der Waals surface area contributed by atoms with E-state index >= 15 is 0 Å². The second-order valence-electron chi connectivity index (χ2n) is 5.19. The van der Waals surface area contributed by atoms with Gasteiger partial charge in [0.15, 0.2) is 0 Å². The van der Waals surface area contributed by atoms with Crippen LogP contribution in [0.1, 0.15) is 38.7 Å². The molecule has 0 heterocycles. The summed E-state index contributed by atoms with van der Waals surface area (Å²) in [6.45, 7) is 4.06. The number of rotatable bonds is 6. The van der Waals surface area contributed by atoms with Gasteiger partial charge < -0.3 is 4.79 Å². The normalized spacial score (nSPS) is 12.8. The number of nitrogens with zero attached hydrogens (tertiary/aromatic N) is 2. The Morgan fingerprint density at radius 2 is 1.80 bits per heavy atom. The van der Waals surface area contributed by atoms with Crippen LogP contribution in [0.15, 0.2) is 24.3 Å². The number of Topliss-reactive ketones (excluding diaryl/α,β-unsaturated/α-hetero) is 1. The average Bonchev–Trinajstić information content (AvgIpc) is 2.35. The van der Waals surface area contributed by atoms with Gasteiger partial charge in [-0.15, -0.1) is 0 Å². The monoisotopic (exact) mass is 280 g/mol. The molecule has 0 fully saturated rings. The number of benzene rings is 1. The molecule has 1 rings (SSSR count). The second kappa shape index (κ2) is 5.77. The van der Waals surface area contributed by atoms with Crippen molar-refractivity contribution in [1.82, 2.24) is 0 Å². The fourth-order valence-electron chi connectivity index (χ4n) is 2.10. The van der Waals surface area contributed by atoms with Gasteiger partial charge in [-0.2, -0.15) is 0 Å². The van der Waals surface area contributed by atoms with E-state index < -0.39 is 21.3 Å². The number of carbonyl (C=O) groups excluding carboxylic acids is 1. The second-order valence-corrected chi connectivity index (χ2v) is 5.19. The lowest BCUT2D eigenvalue weighted by Gasteiger charge is -2.26. The molecule has 0 spiro atoms. The predicted octanol–water partition coefficient (Wildman–Crippen LogP) is 2.71. The molecule has 0 amide bonds. The van der Waals surface area contributed by atoms with Crippen molar-refractivity contribution in [3.63, 3.8) is 0 Å². The zero-order valence-corrected chi connectivity index (χ0v) is 11.5. The van der Waals surface area contributed by atoms with Crippen LogP contribution in [-0.4, -0.2) is 21.2 Å². The van der Waals surface area contributed by atoms with E-state index in [-0.39, 0.29) is 23.5 Å². The Labute approximate surface area is 115 Å². The summed E-state index contributed by atoms with van der Waals surface area (Å²) in [5.74, 6) is -1.10. The van der Waals surface area contributed by atoms with Gasteiger partial charge in [0.1, 0.15) is 5.78 Å². The number of nitro groups is 2.